The van der Waals surface area contributed by atoms with Gasteiger partial charge in [0, 0.05) is 17.8 Å². The number of amides is 1. The van der Waals surface area contributed by atoms with Gasteiger partial charge in [-0.05, 0) is 30.7 Å². The molecule has 2 saturated carbocycles. The second-order valence-electron chi connectivity index (χ2n) is 6.69. The summed E-state index contributed by atoms with van der Waals surface area (Å²) in [6.45, 7) is 0.873. The van der Waals surface area contributed by atoms with Crippen LogP contribution in [0.3, 0.4) is 0 Å². The highest BCUT2D eigenvalue weighted by molar-refractivity contribution is 5.82. The third-order valence-corrected chi connectivity index (χ3v) is 5.34. The van der Waals surface area contributed by atoms with Gasteiger partial charge >= 0.3 is 0 Å². The average Bonchev–Trinajstić information content (AvgIpc) is 3.31. The molecule has 2 atom stereocenters. The second-order valence-corrected chi connectivity index (χ2v) is 6.69. The zero-order valence-electron chi connectivity index (χ0n) is 13.1. The van der Waals surface area contributed by atoms with Crippen LogP contribution in [0.4, 0.5) is 0 Å². The normalized spacial score (nSPS) is 25.8. The van der Waals surface area contributed by atoms with Crippen molar-refractivity contribution in [2.45, 2.75) is 32.2 Å². The third kappa shape index (κ3) is 2.64. The minimum atomic E-state index is -0.0996. The van der Waals surface area contributed by atoms with Crippen LogP contribution in [0.2, 0.25) is 0 Å². The zero-order chi connectivity index (χ0) is 15.8. The van der Waals surface area contributed by atoms with E-state index in [2.05, 4.69) is 10.4 Å². The van der Waals surface area contributed by atoms with Crippen LogP contribution in [0.15, 0.2) is 35.3 Å². The smallest absolute Gasteiger partial charge is 0.274 e. The minimum absolute atomic E-state index is 0.0996. The van der Waals surface area contributed by atoms with Gasteiger partial charge in [0.25, 0.3) is 5.56 Å². The second kappa shape index (κ2) is 5.80. The Bertz CT molecular complexity index is 786. The summed E-state index contributed by atoms with van der Waals surface area (Å²) >= 11 is 0. The zero-order valence-corrected chi connectivity index (χ0v) is 13.1. The van der Waals surface area contributed by atoms with Gasteiger partial charge in [0.05, 0.1) is 18.1 Å². The monoisotopic (exact) mass is 311 g/mol. The SMILES string of the molecule is O=C(NCCn1ncc2ccccc2c1=O)C1[C@@H]2CCCC[C@@H]12. The molecule has 2 aliphatic carbocycles. The molecule has 1 N–H and O–H groups in total. The Morgan fingerprint density at radius 2 is 1.96 bits per heavy atom. The first kappa shape index (κ1) is 14.4. The number of aromatic nitrogens is 2. The number of rotatable bonds is 4. The Hall–Kier alpha value is -2.17. The summed E-state index contributed by atoms with van der Waals surface area (Å²) in [7, 11) is 0. The molecule has 2 aromatic rings. The maximum atomic E-state index is 12.3. The third-order valence-electron chi connectivity index (χ3n) is 5.34. The highest BCUT2D eigenvalue weighted by Crippen LogP contribution is 2.55. The Kier molecular flexibility index (Phi) is 3.63. The van der Waals surface area contributed by atoms with Crippen molar-refractivity contribution in [1.29, 1.82) is 0 Å². The van der Waals surface area contributed by atoms with Gasteiger partial charge in [-0.25, -0.2) is 4.68 Å². The lowest BCUT2D eigenvalue weighted by Crippen LogP contribution is -2.33. The molecule has 5 heteroatoms. The molecule has 2 fully saturated rings. The number of fused-ring (bicyclic) bond motifs is 2. The van der Waals surface area contributed by atoms with Crippen LogP contribution in [-0.2, 0) is 11.3 Å². The molecule has 1 amide bonds. The van der Waals surface area contributed by atoms with Gasteiger partial charge in [-0.15, -0.1) is 0 Å². The fourth-order valence-electron chi connectivity index (χ4n) is 4.07. The highest BCUT2D eigenvalue weighted by Gasteiger charge is 2.54. The van der Waals surface area contributed by atoms with E-state index in [4.69, 9.17) is 0 Å². The van der Waals surface area contributed by atoms with Crippen molar-refractivity contribution in [3.05, 3.63) is 40.8 Å². The molecule has 0 aliphatic heterocycles. The molecule has 120 valence electrons. The van der Waals surface area contributed by atoms with Crippen molar-refractivity contribution in [3.63, 3.8) is 0 Å². The molecule has 23 heavy (non-hydrogen) atoms. The van der Waals surface area contributed by atoms with E-state index < -0.39 is 0 Å². The Morgan fingerprint density at radius 3 is 2.74 bits per heavy atom. The first-order valence-electron chi connectivity index (χ1n) is 8.48. The fourth-order valence-corrected chi connectivity index (χ4v) is 4.07. The van der Waals surface area contributed by atoms with Crippen molar-refractivity contribution < 1.29 is 4.79 Å². The maximum Gasteiger partial charge on any atom is 0.274 e. The van der Waals surface area contributed by atoms with Crippen LogP contribution in [0.5, 0.6) is 0 Å². The molecule has 2 aliphatic rings. The van der Waals surface area contributed by atoms with Crippen molar-refractivity contribution in [2.75, 3.05) is 6.54 Å². The van der Waals surface area contributed by atoms with Crippen molar-refractivity contribution >= 4 is 16.7 Å². The van der Waals surface area contributed by atoms with E-state index in [-0.39, 0.29) is 17.4 Å². The van der Waals surface area contributed by atoms with Crippen LogP contribution in [0, 0.1) is 17.8 Å². The molecule has 0 bridgehead atoms. The van der Waals surface area contributed by atoms with Gasteiger partial charge in [-0.2, -0.15) is 5.10 Å². The molecule has 0 unspecified atom stereocenters. The van der Waals surface area contributed by atoms with Gasteiger partial charge in [0.1, 0.15) is 0 Å². The Balaban J connectivity index is 1.37. The predicted octanol–water partition coefficient (Wildman–Crippen LogP) is 1.95. The van der Waals surface area contributed by atoms with E-state index in [1.54, 1.807) is 6.20 Å². The summed E-state index contributed by atoms with van der Waals surface area (Å²) < 4.78 is 1.43. The maximum absolute atomic E-state index is 12.3. The van der Waals surface area contributed by atoms with Crippen LogP contribution in [-0.4, -0.2) is 22.2 Å². The van der Waals surface area contributed by atoms with Gasteiger partial charge < -0.3 is 5.32 Å². The van der Waals surface area contributed by atoms with E-state index in [9.17, 15) is 9.59 Å². The lowest BCUT2D eigenvalue weighted by molar-refractivity contribution is -0.122. The number of hydrogen-bond donors (Lipinski definition) is 1. The van der Waals surface area contributed by atoms with Crippen LogP contribution >= 0.6 is 0 Å². The summed E-state index contributed by atoms with van der Waals surface area (Å²) in [6, 6.07) is 7.43. The fraction of sp³-hybridized carbons (Fsp3) is 0.500. The Morgan fingerprint density at radius 1 is 1.22 bits per heavy atom. The number of nitrogens with one attached hydrogen (secondary N) is 1. The van der Waals surface area contributed by atoms with Crippen molar-refractivity contribution in [2.24, 2.45) is 17.8 Å². The first-order chi connectivity index (χ1) is 11.3. The number of hydrogen-bond acceptors (Lipinski definition) is 3. The lowest BCUT2D eigenvalue weighted by Gasteiger charge is -2.07. The summed E-state index contributed by atoms with van der Waals surface area (Å²) in [5, 5.41) is 8.69. The van der Waals surface area contributed by atoms with Crippen LogP contribution in [0.25, 0.3) is 10.8 Å². The summed E-state index contributed by atoms with van der Waals surface area (Å²) in [5.74, 6) is 1.62. The number of benzene rings is 1. The number of nitrogens with zero attached hydrogens (tertiary/aromatic N) is 2. The molecule has 1 heterocycles. The van der Waals surface area contributed by atoms with E-state index in [0.717, 1.165) is 5.39 Å². The van der Waals surface area contributed by atoms with Gasteiger partial charge in [-0.3, -0.25) is 9.59 Å². The van der Waals surface area contributed by atoms with E-state index in [1.807, 2.05) is 24.3 Å². The van der Waals surface area contributed by atoms with Gasteiger partial charge in [0.2, 0.25) is 5.91 Å². The molecule has 1 aromatic heterocycles. The van der Waals surface area contributed by atoms with E-state index in [0.29, 0.717) is 30.3 Å². The molecule has 5 nitrogen and oxygen atoms in total. The van der Waals surface area contributed by atoms with Gasteiger partial charge in [-0.1, -0.05) is 31.0 Å². The summed E-state index contributed by atoms with van der Waals surface area (Å²) in [4.78, 5) is 24.6. The topological polar surface area (TPSA) is 64.0 Å². The number of carbonyl (C=O) groups is 1. The van der Waals surface area contributed by atoms with Crippen molar-refractivity contribution in [1.82, 2.24) is 15.1 Å². The van der Waals surface area contributed by atoms with E-state index in [1.165, 1.54) is 30.4 Å². The standard InChI is InChI=1S/C18H21N3O2/c22-17(16-14-7-3-4-8-15(14)16)19-9-10-21-18(23)13-6-2-1-5-12(13)11-20-21/h1-2,5-6,11,14-16H,3-4,7-10H2,(H,19,22)/t14-,15-/m1/s1. The van der Waals surface area contributed by atoms with Gasteiger partial charge in [0.15, 0.2) is 0 Å². The quantitative estimate of drug-likeness (QED) is 0.938. The van der Waals surface area contributed by atoms with Crippen molar-refractivity contribution in [3.8, 4) is 0 Å². The summed E-state index contributed by atoms with van der Waals surface area (Å²) in [5.41, 5.74) is -0.0996. The molecule has 4 rings (SSSR count). The van der Waals surface area contributed by atoms with Crippen LogP contribution in [0.1, 0.15) is 25.7 Å². The Labute approximate surface area is 134 Å². The minimum Gasteiger partial charge on any atom is -0.354 e. The molecular weight excluding hydrogens is 290 g/mol. The molecule has 0 radical (unpaired) electrons. The predicted molar refractivity (Wildman–Crippen MR) is 88.0 cm³/mol. The van der Waals surface area contributed by atoms with E-state index >= 15 is 0 Å². The molecular formula is C18H21N3O2. The lowest BCUT2D eigenvalue weighted by atomic mass is 10.0. The number of carbonyl (C=O) groups excluding carboxylic acids is 1. The average molecular weight is 311 g/mol. The molecule has 1 aromatic carbocycles. The highest BCUT2D eigenvalue weighted by atomic mass is 16.2. The largest absolute Gasteiger partial charge is 0.354 e. The molecule has 0 spiro atoms. The molecule has 0 saturated heterocycles. The first-order valence-corrected chi connectivity index (χ1v) is 8.48. The summed E-state index contributed by atoms with van der Waals surface area (Å²) in [6.07, 6.45) is 6.64. The van der Waals surface area contributed by atoms with Crippen LogP contribution < -0.4 is 10.9 Å².